The molecule has 1 aromatic rings. The molecule has 140 valence electrons. The number of aromatic nitrogens is 2. The summed E-state index contributed by atoms with van der Waals surface area (Å²) in [5.74, 6) is -1.01. The molecule has 1 N–H and O–H groups in total. The Hall–Kier alpha value is -2.05. The summed E-state index contributed by atoms with van der Waals surface area (Å²) >= 11 is 0. The predicted molar refractivity (Wildman–Crippen MR) is 93.8 cm³/mol. The highest BCUT2D eigenvalue weighted by atomic mass is 16.6. The van der Waals surface area contributed by atoms with Gasteiger partial charge in [-0.25, -0.2) is 9.59 Å². The minimum Gasteiger partial charge on any atom is -0.477 e. The second-order valence-electron chi connectivity index (χ2n) is 8.62. The van der Waals surface area contributed by atoms with E-state index in [2.05, 4.69) is 5.10 Å². The quantitative estimate of drug-likeness (QED) is 0.903. The third-order valence-corrected chi connectivity index (χ3v) is 4.16. The maximum Gasteiger partial charge on any atom is 0.410 e. The van der Waals surface area contributed by atoms with E-state index >= 15 is 0 Å². The van der Waals surface area contributed by atoms with Crippen molar-refractivity contribution in [1.82, 2.24) is 14.7 Å². The maximum absolute atomic E-state index is 12.4. The first kappa shape index (κ1) is 19.3. The van der Waals surface area contributed by atoms with Crippen LogP contribution in [-0.2, 0) is 16.7 Å². The van der Waals surface area contributed by atoms with Crippen molar-refractivity contribution in [3.63, 3.8) is 0 Å². The standard InChI is InChI=1S/C18H29N3O4/c1-17(2,3)14-10-13(15(22)23)21(19-14)11-12-8-7-9-20(12)16(24)25-18(4,5)6/h10,12H,7-9,11H2,1-6H3,(H,22,23)/t12-/m0/s1. The molecule has 0 radical (unpaired) electrons. The van der Waals surface area contributed by atoms with E-state index in [0.717, 1.165) is 18.5 Å². The van der Waals surface area contributed by atoms with Gasteiger partial charge in [-0.2, -0.15) is 5.10 Å². The lowest BCUT2D eigenvalue weighted by Crippen LogP contribution is -2.42. The first-order valence-corrected chi connectivity index (χ1v) is 8.70. The van der Waals surface area contributed by atoms with E-state index in [1.165, 1.54) is 4.68 Å². The average molecular weight is 351 g/mol. The molecule has 0 unspecified atom stereocenters. The Morgan fingerprint density at radius 2 is 1.92 bits per heavy atom. The summed E-state index contributed by atoms with van der Waals surface area (Å²) in [6.45, 7) is 12.5. The van der Waals surface area contributed by atoms with Crippen LogP contribution in [0.1, 0.15) is 70.6 Å². The van der Waals surface area contributed by atoms with Gasteiger partial charge in [0, 0.05) is 12.0 Å². The summed E-state index contributed by atoms with van der Waals surface area (Å²) in [6.07, 6.45) is 1.33. The molecule has 0 aromatic carbocycles. The normalized spacial score (nSPS) is 18.5. The van der Waals surface area contributed by atoms with E-state index in [-0.39, 0.29) is 23.2 Å². The molecule has 1 amide bonds. The van der Waals surface area contributed by atoms with Gasteiger partial charge >= 0.3 is 12.1 Å². The molecule has 0 spiro atoms. The van der Waals surface area contributed by atoms with Crippen LogP contribution in [-0.4, -0.2) is 50.0 Å². The highest BCUT2D eigenvalue weighted by Crippen LogP contribution is 2.25. The number of likely N-dealkylation sites (tertiary alicyclic amines) is 1. The van der Waals surface area contributed by atoms with Crippen molar-refractivity contribution >= 4 is 12.1 Å². The average Bonchev–Trinajstić information content (AvgIpc) is 3.03. The molecule has 1 atom stereocenters. The van der Waals surface area contributed by atoms with Crippen LogP contribution >= 0.6 is 0 Å². The lowest BCUT2D eigenvalue weighted by molar-refractivity contribution is 0.0211. The van der Waals surface area contributed by atoms with Crippen molar-refractivity contribution < 1.29 is 19.4 Å². The Balaban J connectivity index is 2.21. The van der Waals surface area contributed by atoms with Gasteiger partial charge in [0.25, 0.3) is 0 Å². The maximum atomic E-state index is 12.4. The third kappa shape index (κ3) is 4.74. The fourth-order valence-corrected chi connectivity index (χ4v) is 2.88. The van der Waals surface area contributed by atoms with Crippen molar-refractivity contribution in [2.45, 2.75) is 78.0 Å². The lowest BCUT2D eigenvalue weighted by Gasteiger charge is -2.28. The highest BCUT2D eigenvalue weighted by Gasteiger charge is 2.34. The van der Waals surface area contributed by atoms with Gasteiger partial charge in [0.15, 0.2) is 0 Å². The zero-order valence-corrected chi connectivity index (χ0v) is 16.0. The van der Waals surface area contributed by atoms with Gasteiger partial charge in [0.2, 0.25) is 0 Å². The summed E-state index contributed by atoms with van der Waals surface area (Å²) in [5.41, 5.74) is 0.0880. The fourth-order valence-electron chi connectivity index (χ4n) is 2.88. The largest absolute Gasteiger partial charge is 0.477 e. The monoisotopic (exact) mass is 351 g/mol. The molecule has 7 heteroatoms. The van der Waals surface area contributed by atoms with E-state index in [1.54, 1.807) is 11.0 Å². The number of ether oxygens (including phenoxy) is 1. The van der Waals surface area contributed by atoms with Gasteiger partial charge in [0.1, 0.15) is 11.3 Å². The first-order chi connectivity index (χ1) is 11.4. The Kier molecular flexibility index (Phi) is 5.16. The Morgan fingerprint density at radius 3 is 2.44 bits per heavy atom. The van der Waals surface area contributed by atoms with Gasteiger partial charge in [-0.1, -0.05) is 20.8 Å². The Labute approximate surface area is 148 Å². The molecule has 7 nitrogen and oxygen atoms in total. The second-order valence-corrected chi connectivity index (χ2v) is 8.62. The van der Waals surface area contributed by atoms with Crippen molar-refractivity contribution in [1.29, 1.82) is 0 Å². The van der Waals surface area contributed by atoms with Gasteiger partial charge < -0.3 is 14.7 Å². The van der Waals surface area contributed by atoms with Gasteiger partial charge in [-0.15, -0.1) is 0 Å². The Morgan fingerprint density at radius 1 is 1.28 bits per heavy atom. The van der Waals surface area contributed by atoms with Gasteiger partial charge in [-0.3, -0.25) is 4.68 Å². The summed E-state index contributed by atoms with van der Waals surface area (Å²) < 4.78 is 6.98. The van der Waals surface area contributed by atoms with Crippen molar-refractivity contribution in [3.05, 3.63) is 17.5 Å². The summed E-state index contributed by atoms with van der Waals surface area (Å²) in [6, 6.07) is 1.51. The van der Waals surface area contributed by atoms with Crippen molar-refractivity contribution in [2.24, 2.45) is 0 Å². The van der Waals surface area contributed by atoms with E-state index in [1.807, 2.05) is 41.5 Å². The number of carbonyl (C=O) groups is 2. The SMILES string of the molecule is CC(C)(C)OC(=O)N1CCC[C@H]1Cn1nc(C(C)(C)C)cc1C(=O)O. The smallest absolute Gasteiger partial charge is 0.410 e. The van der Waals surface area contributed by atoms with Crippen LogP contribution in [0.25, 0.3) is 0 Å². The summed E-state index contributed by atoms with van der Waals surface area (Å²) in [4.78, 5) is 25.7. The predicted octanol–water partition coefficient (Wildman–Crippen LogP) is 3.28. The van der Waals surface area contributed by atoms with Crippen LogP contribution < -0.4 is 0 Å². The molecule has 2 heterocycles. The van der Waals surface area contributed by atoms with Gasteiger partial charge in [0.05, 0.1) is 18.3 Å². The van der Waals surface area contributed by atoms with Crippen LogP contribution in [0.5, 0.6) is 0 Å². The number of rotatable bonds is 3. The molecule has 1 aromatic heterocycles. The topological polar surface area (TPSA) is 84.7 Å². The number of hydrogen-bond donors (Lipinski definition) is 1. The zero-order chi connectivity index (χ0) is 19.0. The van der Waals surface area contributed by atoms with Crippen LogP contribution in [0.2, 0.25) is 0 Å². The number of carbonyl (C=O) groups excluding carboxylic acids is 1. The number of carboxylic acids is 1. The molecule has 1 aliphatic rings. The lowest BCUT2D eigenvalue weighted by atomic mass is 9.92. The summed E-state index contributed by atoms with van der Waals surface area (Å²) in [5, 5.41) is 14.0. The Bertz CT molecular complexity index is 652. The minimum atomic E-state index is -1.01. The van der Waals surface area contributed by atoms with Gasteiger partial charge in [-0.05, 0) is 39.7 Å². The van der Waals surface area contributed by atoms with Crippen molar-refractivity contribution in [2.75, 3.05) is 6.54 Å². The number of hydrogen-bond acceptors (Lipinski definition) is 4. The molecule has 25 heavy (non-hydrogen) atoms. The number of amides is 1. The number of nitrogens with zero attached hydrogens (tertiary/aromatic N) is 3. The van der Waals surface area contributed by atoms with Crippen LogP contribution in [0.3, 0.4) is 0 Å². The molecule has 0 bridgehead atoms. The molecular weight excluding hydrogens is 322 g/mol. The first-order valence-electron chi connectivity index (χ1n) is 8.70. The highest BCUT2D eigenvalue weighted by molar-refractivity contribution is 5.85. The fraction of sp³-hybridized carbons (Fsp3) is 0.722. The van der Waals surface area contributed by atoms with E-state index < -0.39 is 11.6 Å². The summed E-state index contributed by atoms with van der Waals surface area (Å²) in [7, 11) is 0. The molecular formula is C18H29N3O4. The van der Waals surface area contributed by atoms with Crippen LogP contribution in [0.4, 0.5) is 4.79 Å². The molecule has 0 aliphatic carbocycles. The molecule has 1 saturated heterocycles. The third-order valence-electron chi connectivity index (χ3n) is 4.16. The minimum absolute atomic E-state index is 0.110. The van der Waals surface area contributed by atoms with E-state index in [0.29, 0.717) is 13.1 Å². The number of aromatic carboxylic acids is 1. The number of carboxylic acid groups (broad SMARTS) is 1. The molecule has 1 aliphatic heterocycles. The molecule has 0 saturated carbocycles. The van der Waals surface area contributed by atoms with E-state index in [4.69, 9.17) is 4.74 Å². The van der Waals surface area contributed by atoms with Crippen molar-refractivity contribution in [3.8, 4) is 0 Å². The van der Waals surface area contributed by atoms with E-state index in [9.17, 15) is 14.7 Å². The molecule has 2 rings (SSSR count). The molecule has 1 fully saturated rings. The zero-order valence-electron chi connectivity index (χ0n) is 16.0. The van der Waals surface area contributed by atoms with Crippen LogP contribution in [0.15, 0.2) is 6.07 Å². The van der Waals surface area contributed by atoms with Crippen LogP contribution in [0, 0.1) is 0 Å². The second kappa shape index (κ2) is 6.69.